The van der Waals surface area contributed by atoms with Crippen molar-refractivity contribution < 1.29 is 4.79 Å². The fourth-order valence-corrected chi connectivity index (χ4v) is 2.59. The van der Waals surface area contributed by atoms with Crippen molar-refractivity contribution in [1.29, 1.82) is 0 Å². The minimum Gasteiger partial charge on any atom is -0.352 e. The van der Waals surface area contributed by atoms with Gasteiger partial charge >= 0.3 is 0 Å². The number of hydrogen-bond donors (Lipinski definition) is 2. The lowest BCUT2D eigenvalue weighted by molar-refractivity contribution is -0.133. The quantitative estimate of drug-likeness (QED) is 0.749. The molecule has 0 saturated carbocycles. The molecule has 100 valence electrons. The summed E-state index contributed by atoms with van der Waals surface area (Å²) in [5.74, 6) is 0.224. The number of rotatable bonds is 5. The van der Waals surface area contributed by atoms with Gasteiger partial charge in [0.2, 0.25) is 5.91 Å². The highest BCUT2D eigenvalue weighted by Crippen LogP contribution is 2.30. The van der Waals surface area contributed by atoms with Crippen molar-refractivity contribution in [1.82, 2.24) is 15.5 Å². The van der Waals surface area contributed by atoms with Gasteiger partial charge in [-0.25, -0.2) is 0 Å². The normalized spacial score (nSPS) is 26.9. The first kappa shape index (κ1) is 14.5. The van der Waals surface area contributed by atoms with Crippen LogP contribution in [-0.4, -0.2) is 50.6 Å². The number of carbonyl (C=O) groups excluding carboxylic acids is 1. The summed E-state index contributed by atoms with van der Waals surface area (Å²) in [6, 6.07) is 0.211. The van der Waals surface area contributed by atoms with E-state index < -0.39 is 0 Å². The number of hydrogen-bond acceptors (Lipinski definition) is 3. The van der Waals surface area contributed by atoms with Gasteiger partial charge in [0.1, 0.15) is 0 Å². The topological polar surface area (TPSA) is 44.4 Å². The molecule has 1 heterocycles. The van der Waals surface area contributed by atoms with Crippen molar-refractivity contribution >= 4 is 5.91 Å². The molecular formula is C13H27N3O. The molecule has 0 aromatic carbocycles. The molecule has 0 radical (unpaired) electrons. The van der Waals surface area contributed by atoms with E-state index in [1.807, 2.05) is 14.1 Å². The van der Waals surface area contributed by atoms with Crippen LogP contribution in [0, 0.1) is 5.41 Å². The van der Waals surface area contributed by atoms with Gasteiger partial charge in [-0.15, -0.1) is 0 Å². The molecule has 0 aromatic heterocycles. The highest BCUT2D eigenvalue weighted by molar-refractivity contribution is 5.83. The van der Waals surface area contributed by atoms with Crippen molar-refractivity contribution in [3.05, 3.63) is 0 Å². The van der Waals surface area contributed by atoms with Crippen LogP contribution < -0.4 is 10.6 Å². The smallest absolute Gasteiger partial charge is 0.227 e. The highest BCUT2D eigenvalue weighted by atomic mass is 16.2. The minimum absolute atomic E-state index is 0.182. The van der Waals surface area contributed by atoms with Gasteiger partial charge in [-0.2, -0.15) is 0 Å². The molecule has 1 aliphatic rings. The number of amides is 1. The van der Waals surface area contributed by atoms with Crippen LogP contribution in [0.4, 0.5) is 0 Å². The molecule has 2 N–H and O–H groups in total. The second-order valence-electron chi connectivity index (χ2n) is 5.55. The van der Waals surface area contributed by atoms with Crippen LogP contribution in [0.15, 0.2) is 0 Å². The average Bonchev–Trinajstić information content (AvgIpc) is 2.28. The first-order valence-corrected chi connectivity index (χ1v) is 6.66. The summed E-state index contributed by atoms with van der Waals surface area (Å²) < 4.78 is 0. The summed E-state index contributed by atoms with van der Waals surface area (Å²) in [6.45, 7) is 6.94. The summed E-state index contributed by atoms with van der Waals surface area (Å²) >= 11 is 0. The fraction of sp³-hybridized carbons (Fsp3) is 0.923. The molecule has 2 unspecified atom stereocenters. The number of carbonyl (C=O) groups is 1. The molecule has 4 nitrogen and oxygen atoms in total. The Morgan fingerprint density at radius 2 is 2.24 bits per heavy atom. The number of likely N-dealkylation sites (N-methyl/N-ethyl adjacent to an activating group) is 1. The van der Waals surface area contributed by atoms with Crippen molar-refractivity contribution in [2.24, 2.45) is 5.41 Å². The maximum absolute atomic E-state index is 12.4. The van der Waals surface area contributed by atoms with Gasteiger partial charge in [-0.1, -0.05) is 6.92 Å². The van der Waals surface area contributed by atoms with Crippen LogP contribution in [0.5, 0.6) is 0 Å². The zero-order valence-electron chi connectivity index (χ0n) is 11.7. The molecule has 4 heteroatoms. The van der Waals surface area contributed by atoms with Gasteiger partial charge in [0.05, 0.1) is 5.41 Å². The van der Waals surface area contributed by atoms with Crippen LogP contribution in [0.3, 0.4) is 0 Å². The third kappa shape index (κ3) is 3.96. The van der Waals surface area contributed by atoms with Crippen molar-refractivity contribution in [3.63, 3.8) is 0 Å². The Kier molecular flexibility index (Phi) is 5.40. The molecule has 0 spiro atoms. The van der Waals surface area contributed by atoms with Crippen LogP contribution in [0.1, 0.15) is 33.1 Å². The molecule has 1 rings (SSSR count). The molecule has 2 atom stereocenters. The molecule has 1 fully saturated rings. The first-order chi connectivity index (χ1) is 8.00. The van der Waals surface area contributed by atoms with E-state index >= 15 is 0 Å². The summed E-state index contributed by atoms with van der Waals surface area (Å²) in [7, 11) is 4.06. The van der Waals surface area contributed by atoms with E-state index in [0.29, 0.717) is 0 Å². The molecule has 1 aliphatic heterocycles. The maximum Gasteiger partial charge on any atom is 0.227 e. The standard InChI is InChI=1S/C13H27N3O/c1-5-13(7-6-8-14-10-13)12(17)15-11(2)9-16(3)4/h11,14H,5-10H2,1-4H3,(H,15,17). The first-order valence-electron chi connectivity index (χ1n) is 6.66. The third-order valence-electron chi connectivity index (χ3n) is 3.65. The number of nitrogens with one attached hydrogen (secondary N) is 2. The predicted octanol–water partition coefficient (Wildman–Crippen LogP) is 0.833. The molecule has 17 heavy (non-hydrogen) atoms. The number of piperidine rings is 1. The Bertz CT molecular complexity index is 247. The maximum atomic E-state index is 12.4. The fourth-order valence-electron chi connectivity index (χ4n) is 2.59. The second-order valence-corrected chi connectivity index (χ2v) is 5.55. The predicted molar refractivity (Wildman–Crippen MR) is 71.0 cm³/mol. The molecule has 0 bridgehead atoms. The second kappa shape index (κ2) is 6.36. The van der Waals surface area contributed by atoms with Crippen molar-refractivity contribution in [2.45, 2.75) is 39.2 Å². The van der Waals surface area contributed by atoms with Gasteiger partial charge in [0.15, 0.2) is 0 Å². The van der Waals surface area contributed by atoms with E-state index in [4.69, 9.17) is 0 Å². The molecular weight excluding hydrogens is 214 g/mol. The zero-order valence-corrected chi connectivity index (χ0v) is 11.7. The average molecular weight is 241 g/mol. The summed E-state index contributed by atoms with van der Waals surface area (Å²) in [6.07, 6.45) is 3.03. The van der Waals surface area contributed by atoms with Crippen molar-refractivity contribution in [2.75, 3.05) is 33.7 Å². The van der Waals surface area contributed by atoms with E-state index in [2.05, 4.69) is 29.4 Å². The van der Waals surface area contributed by atoms with E-state index in [9.17, 15) is 4.79 Å². The Hall–Kier alpha value is -0.610. The van der Waals surface area contributed by atoms with Gasteiger partial charge in [0.25, 0.3) is 0 Å². The van der Waals surface area contributed by atoms with Crippen LogP contribution in [0.2, 0.25) is 0 Å². The van der Waals surface area contributed by atoms with E-state index in [1.165, 1.54) is 0 Å². The monoisotopic (exact) mass is 241 g/mol. The van der Waals surface area contributed by atoms with Gasteiger partial charge in [-0.3, -0.25) is 4.79 Å². The molecule has 0 aromatic rings. The van der Waals surface area contributed by atoms with Gasteiger partial charge in [-0.05, 0) is 46.8 Å². The molecule has 0 aliphatic carbocycles. The number of nitrogens with zero attached hydrogens (tertiary/aromatic N) is 1. The Labute approximate surface area is 105 Å². The third-order valence-corrected chi connectivity index (χ3v) is 3.65. The van der Waals surface area contributed by atoms with Gasteiger partial charge in [0, 0.05) is 19.1 Å². The summed E-state index contributed by atoms with van der Waals surface area (Å²) in [5.41, 5.74) is -0.182. The lowest BCUT2D eigenvalue weighted by Crippen LogP contribution is -2.53. The van der Waals surface area contributed by atoms with Gasteiger partial charge < -0.3 is 15.5 Å². The lowest BCUT2D eigenvalue weighted by atomic mass is 9.77. The van der Waals surface area contributed by atoms with E-state index in [0.717, 1.165) is 38.9 Å². The van der Waals surface area contributed by atoms with Crippen LogP contribution in [-0.2, 0) is 4.79 Å². The highest BCUT2D eigenvalue weighted by Gasteiger charge is 2.38. The van der Waals surface area contributed by atoms with E-state index in [-0.39, 0.29) is 17.4 Å². The molecule has 1 saturated heterocycles. The Morgan fingerprint density at radius 1 is 1.53 bits per heavy atom. The van der Waals surface area contributed by atoms with Crippen LogP contribution in [0.25, 0.3) is 0 Å². The zero-order chi connectivity index (χ0) is 12.9. The summed E-state index contributed by atoms with van der Waals surface area (Å²) in [5, 5.41) is 6.50. The minimum atomic E-state index is -0.182. The molecule has 1 amide bonds. The summed E-state index contributed by atoms with van der Waals surface area (Å²) in [4.78, 5) is 14.5. The Balaban J connectivity index is 2.54. The Morgan fingerprint density at radius 3 is 2.71 bits per heavy atom. The largest absolute Gasteiger partial charge is 0.352 e. The van der Waals surface area contributed by atoms with Crippen LogP contribution >= 0.6 is 0 Å². The lowest BCUT2D eigenvalue weighted by Gasteiger charge is -2.36. The van der Waals surface area contributed by atoms with Crippen molar-refractivity contribution in [3.8, 4) is 0 Å². The van der Waals surface area contributed by atoms with E-state index in [1.54, 1.807) is 0 Å². The SMILES string of the molecule is CCC1(C(=O)NC(C)CN(C)C)CCCNC1.